The molecule has 1 saturated carbocycles. The minimum atomic E-state index is 0.00327. The summed E-state index contributed by atoms with van der Waals surface area (Å²) in [4.78, 5) is 29.3. The first-order valence-electron chi connectivity index (χ1n) is 10.7. The Labute approximate surface area is 166 Å². The Morgan fingerprint density at radius 2 is 1.93 bits per heavy atom. The Hall–Kier alpha value is -2.30. The van der Waals surface area contributed by atoms with Gasteiger partial charge in [-0.05, 0) is 54.6 Å². The van der Waals surface area contributed by atoms with Gasteiger partial charge in [0.25, 0.3) is 0 Å². The Kier molecular flexibility index (Phi) is 4.61. The van der Waals surface area contributed by atoms with Crippen LogP contribution in [0, 0.1) is 23.7 Å². The van der Waals surface area contributed by atoms with Gasteiger partial charge in [0, 0.05) is 38.6 Å². The minimum Gasteiger partial charge on any atom is -0.340 e. The number of allylic oxidation sites excluding steroid dienone is 2. The van der Waals surface area contributed by atoms with Gasteiger partial charge in [-0.25, -0.2) is 4.79 Å². The quantitative estimate of drug-likeness (QED) is 0.772. The molecule has 1 aromatic rings. The second-order valence-corrected chi connectivity index (χ2v) is 8.92. The van der Waals surface area contributed by atoms with E-state index in [4.69, 9.17) is 0 Å². The second-order valence-electron chi connectivity index (χ2n) is 8.92. The molecule has 4 aliphatic rings. The number of hydrogen-bond acceptors (Lipinski definition) is 2. The van der Waals surface area contributed by atoms with Crippen LogP contribution >= 0.6 is 0 Å². The molecular weight excluding hydrogens is 350 g/mol. The molecule has 0 aromatic heterocycles. The molecule has 3 unspecified atom stereocenters. The van der Waals surface area contributed by atoms with Crippen LogP contribution in [-0.2, 0) is 17.6 Å². The van der Waals surface area contributed by atoms with Gasteiger partial charge >= 0.3 is 6.03 Å². The van der Waals surface area contributed by atoms with Crippen LogP contribution in [0.4, 0.5) is 4.79 Å². The third-order valence-corrected chi connectivity index (χ3v) is 7.17. The van der Waals surface area contributed by atoms with E-state index in [2.05, 4.69) is 46.6 Å². The highest BCUT2D eigenvalue weighted by atomic mass is 16.2. The standard InChI is InChI=1S/C23H29N3O2/c27-22(20-13-17-3-1-2-4-18(17)14-20)26(10-9-25-8-7-24-23(25)28)15-21-12-16-5-6-19(21)11-16/h1-6,16,19-21H,7-15H2,(H,24,28). The summed E-state index contributed by atoms with van der Waals surface area (Å²) in [6.45, 7) is 3.58. The second kappa shape index (κ2) is 7.26. The smallest absolute Gasteiger partial charge is 0.317 e. The number of carbonyl (C=O) groups excluding carboxylic acids is 2. The number of rotatable bonds is 6. The predicted octanol–water partition coefficient (Wildman–Crippen LogP) is 2.47. The zero-order chi connectivity index (χ0) is 19.1. The summed E-state index contributed by atoms with van der Waals surface area (Å²) in [6, 6.07) is 8.45. The summed E-state index contributed by atoms with van der Waals surface area (Å²) in [6.07, 6.45) is 8.89. The SMILES string of the molecule is O=C1NCCN1CCN(CC1CC2C=CC1C2)C(=O)C1Cc2ccccc2C1. The third kappa shape index (κ3) is 3.31. The molecule has 5 rings (SSSR count). The lowest BCUT2D eigenvalue weighted by Crippen LogP contribution is -2.45. The van der Waals surface area contributed by atoms with Crippen molar-refractivity contribution in [1.82, 2.24) is 15.1 Å². The minimum absolute atomic E-state index is 0.00327. The van der Waals surface area contributed by atoms with Crippen LogP contribution in [0.5, 0.6) is 0 Å². The fourth-order valence-electron chi connectivity index (χ4n) is 5.64. The van der Waals surface area contributed by atoms with Crippen molar-refractivity contribution in [3.05, 3.63) is 47.5 Å². The maximum Gasteiger partial charge on any atom is 0.317 e. The molecule has 0 radical (unpaired) electrons. The van der Waals surface area contributed by atoms with Crippen LogP contribution in [0.15, 0.2) is 36.4 Å². The number of carbonyl (C=O) groups is 2. The molecule has 3 atom stereocenters. The number of fused-ring (bicyclic) bond motifs is 3. The molecule has 1 saturated heterocycles. The van der Waals surface area contributed by atoms with E-state index in [-0.39, 0.29) is 17.9 Å². The summed E-state index contributed by atoms with van der Waals surface area (Å²) in [5, 5.41) is 2.86. The van der Waals surface area contributed by atoms with Crippen molar-refractivity contribution in [2.24, 2.45) is 23.7 Å². The van der Waals surface area contributed by atoms with E-state index in [1.54, 1.807) is 0 Å². The molecule has 1 aliphatic heterocycles. The maximum atomic E-state index is 13.5. The van der Waals surface area contributed by atoms with Crippen molar-refractivity contribution < 1.29 is 9.59 Å². The predicted molar refractivity (Wildman–Crippen MR) is 108 cm³/mol. The third-order valence-electron chi connectivity index (χ3n) is 7.17. The van der Waals surface area contributed by atoms with Crippen LogP contribution in [-0.4, -0.2) is 54.5 Å². The van der Waals surface area contributed by atoms with Crippen molar-refractivity contribution >= 4 is 11.9 Å². The number of urea groups is 1. The van der Waals surface area contributed by atoms with Crippen LogP contribution < -0.4 is 5.32 Å². The molecule has 0 spiro atoms. The van der Waals surface area contributed by atoms with Crippen molar-refractivity contribution in [3.8, 4) is 0 Å². The first-order valence-corrected chi connectivity index (χ1v) is 10.7. The van der Waals surface area contributed by atoms with E-state index in [0.717, 1.165) is 25.9 Å². The molecule has 1 heterocycles. The lowest BCUT2D eigenvalue weighted by molar-refractivity contribution is -0.136. The van der Waals surface area contributed by atoms with Gasteiger partial charge in [0.05, 0.1) is 0 Å². The number of nitrogens with one attached hydrogen (secondary N) is 1. The van der Waals surface area contributed by atoms with E-state index in [9.17, 15) is 9.59 Å². The van der Waals surface area contributed by atoms with E-state index in [1.165, 1.54) is 24.0 Å². The fraction of sp³-hybridized carbons (Fsp3) is 0.565. The van der Waals surface area contributed by atoms with Gasteiger partial charge in [-0.1, -0.05) is 36.4 Å². The lowest BCUT2D eigenvalue weighted by Gasteiger charge is -2.32. The van der Waals surface area contributed by atoms with Crippen LogP contribution in [0.25, 0.3) is 0 Å². The average molecular weight is 380 g/mol. The average Bonchev–Trinajstić information content (AvgIpc) is 3.48. The Bertz CT molecular complexity index is 780. The topological polar surface area (TPSA) is 52.7 Å². The van der Waals surface area contributed by atoms with Crippen molar-refractivity contribution in [2.45, 2.75) is 25.7 Å². The van der Waals surface area contributed by atoms with Gasteiger partial charge < -0.3 is 15.1 Å². The van der Waals surface area contributed by atoms with Crippen molar-refractivity contribution in [3.63, 3.8) is 0 Å². The summed E-state index contributed by atoms with van der Waals surface area (Å²) >= 11 is 0. The van der Waals surface area contributed by atoms with Crippen molar-refractivity contribution in [2.75, 3.05) is 32.7 Å². The van der Waals surface area contributed by atoms with Crippen LogP contribution in [0.1, 0.15) is 24.0 Å². The number of benzene rings is 1. The zero-order valence-electron chi connectivity index (χ0n) is 16.3. The monoisotopic (exact) mass is 379 g/mol. The van der Waals surface area contributed by atoms with Crippen LogP contribution in [0.3, 0.4) is 0 Å². The largest absolute Gasteiger partial charge is 0.340 e. The van der Waals surface area contributed by atoms with Gasteiger partial charge in [-0.15, -0.1) is 0 Å². The Balaban J connectivity index is 1.28. The molecule has 148 valence electrons. The summed E-state index contributed by atoms with van der Waals surface area (Å²) < 4.78 is 0. The van der Waals surface area contributed by atoms with Crippen molar-refractivity contribution in [1.29, 1.82) is 0 Å². The van der Waals surface area contributed by atoms with E-state index < -0.39 is 0 Å². The van der Waals surface area contributed by atoms with E-state index in [0.29, 0.717) is 37.4 Å². The number of hydrogen-bond donors (Lipinski definition) is 1. The molecule has 3 amide bonds. The highest BCUT2D eigenvalue weighted by Gasteiger charge is 2.39. The fourth-order valence-corrected chi connectivity index (χ4v) is 5.64. The maximum absolute atomic E-state index is 13.5. The van der Waals surface area contributed by atoms with Gasteiger partial charge in [-0.2, -0.15) is 0 Å². The molecule has 1 N–H and O–H groups in total. The molecule has 2 fully saturated rings. The first kappa shape index (κ1) is 17.8. The van der Waals surface area contributed by atoms with Crippen LogP contribution in [0.2, 0.25) is 0 Å². The first-order chi connectivity index (χ1) is 13.7. The number of nitrogens with zero attached hydrogens (tertiary/aromatic N) is 2. The molecular formula is C23H29N3O2. The molecule has 5 nitrogen and oxygen atoms in total. The lowest BCUT2D eigenvalue weighted by atomic mass is 9.92. The zero-order valence-corrected chi connectivity index (χ0v) is 16.3. The summed E-state index contributed by atoms with van der Waals surface area (Å²) in [7, 11) is 0. The van der Waals surface area contributed by atoms with Gasteiger partial charge in [0.15, 0.2) is 0 Å². The number of amides is 3. The Morgan fingerprint density at radius 3 is 2.54 bits per heavy atom. The normalized spacial score (nSPS) is 28.1. The molecule has 3 aliphatic carbocycles. The van der Waals surface area contributed by atoms with E-state index in [1.807, 2.05) is 4.90 Å². The highest BCUT2D eigenvalue weighted by molar-refractivity contribution is 5.81. The molecule has 28 heavy (non-hydrogen) atoms. The van der Waals surface area contributed by atoms with Gasteiger partial charge in [0.1, 0.15) is 0 Å². The summed E-state index contributed by atoms with van der Waals surface area (Å²) in [5.74, 6) is 2.26. The van der Waals surface area contributed by atoms with Gasteiger partial charge in [0.2, 0.25) is 5.91 Å². The summed E-state index contributed by atoms with van der Waals surface area (Å²) in [5.41, 5.74) is 2.64. The van der Waals surface area contributed by atoms with Gasteiger partial charge in [-0.3, -0.25) is 4.79 Å². The highest BCUT2D eigenvalue weighted by Crippen LogP contribution is 2.44. The Morgan fingerprint density at radius 1 is 1.14 bits per heavy atom. The van der Waals surface area contributed by atoms with E-state index >= 15 is 0 Å². The molecule has 5 heteroatoms. The molecule has 1 aromatic carbocycles. The molecule has 2 bridgehead atoms.